The Morgan fingerprint density at radius 2 is 1.82 bits per heavy atom. The van der Waals surface area contributed by atoms with Gasteiger partial charge in [0.15, 0.2) is 5.82 Å². The Bertz CT molecular complexity index is 934. The molecule has 1 saturated heterocycles. The Balaban J connectivity index is 1.55. The number of hydrogen-bond donors (Lipinski definition) is 2. The van der Waals surface area contributed by atoms with E-state index in [9.17, 15) is 0 Å². The molecule has 1 aromatic carbocycles. The van der Waals surface area contributed by atoms with E-state index in [0.29, 0.717) is 18.4 Å². The van der Waals surface area contributed by atoms with Crippen LogP contribution in [0.3, 0.4) is 0 Å². The van der Waals surface area contributed by atoms with E-state index in [1.54, 1.807) is 7.11 Å². The van der Waals surface area contributed by atoms with Crippen LogP contribution in [0.2, 0.25) is 0 Å². The number of hydrogen-bond acceptors (Lipinski definition) is 5. The molecular weight excluding hydrogens is 424 g/mol. The molecule has 0 atom stereocenters. The van der Waals surface area contributed by atoms with Crippen LogP contribution in [0.5, 0.6) is 0 Å². The number of aryl methyl sites for hydroxylation is 1. The van der Waals surface area contributed by atoms with Gasteiger partial charge >= 0.3 is 0 Å². The Morgan fingerprint density at radius 1 is 1.03 bits per heavy atom. The highest BCUT2D eigenvalue weighted by atomic mass is 16.5. The van der Waals surface area contributed by atoms with Gasteiger partial charge in [0.2, 0.25) is 0 Å². The molecule has 0 bridgehead atoms. The van der Waals surface area contributed by atoms with Gasteiger partial charge in [-0.1, -0.05) is 43.0 Å². The van der Waals surface area contributed by atoms with Gasteiger partial charge in [-0.3, -0.25) is 0 Å². The minimum Gasteiger partial charge on any atom is -0.381 e. The lowest BCUT2D eigenvalue weighted by atomic mass is 9.89. The fraction of sp³-hybridized carbons (Fsp3) is 0.571. The highest BCUT2D eigenvalue weighted by Gasteiger charge is 2.17. The Kier molecular flexibility index (Phi) is 9.34. The molecule has 4 rings (SSSR count). The molecule has 2 fully saturated rings. The van der Waals surface area contributed by atoms with Crippen molar-refractivity contribution < 1.29 is 9.47 Å². The summed E-state index contributed by atoms with van der Waals surface area (Å²) in [5, 5.41) is 7.20. The lowest BCUT2D eigenvalue weighted by Crippen LogP contribution is -2.34. The van der Waals surface area contributed by atoms with E-state index < -0.39 is 0 Å². The van der Waals surface area contributed by atoms with Crippen molar-refractivity contribution in [3.05, 3.63) is 42.0 Å². The number of aliphatic imine (C=N–C) groups is 1. The average Bonchev–Trinajstić information content (AvgIpc) is 2.88. The largest absolute Gasteiger partial charge is 0.381 e. The third-order valence-electron chi connectivity index (χ3n) is 6.94. The lowest BCUT2D eigenvalue weighted by Gasteiger charge is -2.23. The first kappa shape index (κ1) is 24.7. The second kappa shape index (κ2) is 12.9. The van der Waals surface area contributed by atoms with Gasteiger partial charge in [0.05, 0.1) is 5.69 Å². The van der Waals surface area contributed by atoms with Crippen LogP contribution in [0.15, 0.2) is 41.4 Å². The van der Waals surface area contributed by atoms with Crippen molar-refractivity contribution in [1.29, 1.82) is 0 Å². The summed E-state index contributed by atoms with van der Waals surface area (Å²) in [6.07, 6.45) is 8.81. The highest BCUT2D eigenvalue weighted by Crippen LogP contribution is 2.30. The fourth-order valence-corrected chi connectivity index (χ4v) is 4.89. The highest BCUT2D eigenvalue weighted by molar-refractivity contribution is 5.87. The number of nitrogens with one attached hydrogen (secondary N) is 2. The van der Waals surface area contributed by atoms with Crippen LogP contribution in [-0.2, 0) is 9.47 Å². The summed E-state index contributed by atoms with van der Waals surface area (Å²) >= 11 is 0. The van der Waals surface area contributed by atoms with E-state index in [0.717, 1.165) is 67.7 Å². The molecule has 6 nitrogen and oxygen atoms in total. The minimum absolute atomic E-state index is 0.449. The number of anilines is 1. The van der Waals surface area contributed by atoms with Crippen LogP contribution < -0.4 is 10.6 Å². The number of pyridine rings is 1. The standard InChI is InChI=1S/C28H40N4O2/c1-21-7-6-10-24(17-21)25-11-12-26(28(32-25)30-19-22-8-4-3-5-9-22)31-27(20-33-2)29-18-23-13-15-34-16-14-23/h6-7,10-12,17,22-23H,3-5,8-9,13-16,18-20H2,1-2H3,(H,29,31)(H,30,32). The topological polar surface area (TPSA) is 67.8 Å². The monoisotopic (exact) mass is 464 g/mol. The average molecular weight is 465 g/mol. The van der Waals surface area contributed by atoms with Gasteiger partial charge in [-0.25, -0.2) is 9.98 Å². The third-order valence-corrected chi connectivity index (χ3v) is 6.94. The van der Waals surface area contributed by atoms with Crippen LogP contribution in [0.4, 0.5) is 11.5 Å². The van der Waals surface area contributed by atoms with Crippen molar-refractivity contribution in [2.75, 3.05) is 45.3 Å². The molecule has 1 aliphatic heterocycles. The molecular formula is C28H40N4O2. The number of amidine groups is 1. The predicted octanol–water partition coefficient (Wildman–Crippen LogP) is 5.74. The summed E-state index contributed by atoms with van der Waals surface area (Å²) in [6.45, 7) is 6.11. The van der Waals surface area contributed by atoms with Gasteiger partial charge in [-0.2, -0.15) is 0 Å². The zero-order chi connectivity index (χ0) is 23.6. The van der Waals surface area contributed by atoms with Crippen LogP contribution in [0.25, 0.3) is 11.3 Å². The quantitative estimate of drug-likeness (QED) is 0.366. The second-order valence-corrected chi connectivity index (χ2v) is 9.75. The summed E-state index contributed by atoms with van der Waals surface area (Å²) in [4.78, 5) is 10.0. The summed E-state index contributed by atoms with van der Waals surface area (Å²) in [5.74, 6) is 3.02. The summed E-state index contributed by atoms with van der Waals surface area (Å²) in [6, 6.07) is 12.7. The maximum Gasteiger partial charge on any atom is 0.152 e. The van der Waals surface area contributed by atoms with Crippen molar-refractivity contribution in [3.63, 3.8) is 0 Å². The third kappa shape index (κ3) is 7.28. The summed E-state index contributed by atoms with van der Waals surface area (Å²) in [5.41, 5.74) is 4.19. The molecule has 0 spiro atoms. The van der Waals surface area contributed by atoms with Crippen LogP contribution >= 0.6 is 0 Å². The number of benzene rings is 1. The predicted molar refractivity (Wildman–Crippen MR) is 140 cm³/mol. The van der Waals surface area contributed by atoms with Crippen molar-refractivity contribution in [1.82, 2.24) is 10.3 Å². The smallest absolute Gasteiger partial charge is 0.152 e. The van der Waals surface area contributed by atoms with Gasteiger partial charge < -0.3 is 20.1 Å². The molecule has 34 heavy (non-hydrogen) atoms. The lowest BCUT2D eigenvalue weighted by molar-refractivity contribution is 0.0674. The molecule has 1 aliphatic carbocycles. The van der Waals surface area contributed by atoms with E-state index in [2.05, 4.69) is 54.0 Å². The Hall–Kier alpha value is -2.44. The van der Waals surface area contributed by atoms with Crippen LogP contribution in [0.1, 0.15) is 50.5 Å². The van der Waals surface area contributed by atoms with E-state index in [1.807, 2.05) is 0 Å². The zero-order valence-electron chi connectivity index (χ0n) is 20.8. The first-order chi connectivity index (χ1) is 16.7. The Morgan fingerprint density at radius 3 is 2.59 bits per heavy atom. The first-order valence-corrected chi connectivity index (χ1v) is 12.9. The molecule has 6 heteroatoms. The van der Waals surface area contributed by atoms with Crippen molar-refractivity contribution in [2.24, 2.45) is 16.8 Å². The number of nitrogens with zero attached hydrogens (tertiary/aromatic N) is 2. The van der Waals surface area contributed by atoms with Gasteiger partial charge in [0.1, 0.15) is 18.1 Å². The summed E-state index contributed by atoms with van der Waals surface area (Å²) in [7, 11) is 1.72. The van der Waals surface area contributed by atoms with Crippen LogP contribution in [-0.4, -0.2) is 50.8 Å². The maximum atomic E-state index is 5.50. The Labute approximate surface area is 204 Å². The SMILES string of the molecule is COC/C(=N\c1ccc(-c2cccc(C)c2)nc1NCC1CCCCC1)NCC1CCOCC1. The van der Waals surface area contributed by atoms with Crippen LogP contribution in [0, 0.1) is 18.8 Å². The van der Waals surface area contributed by atoms with Gasteiger partial charge in [0.25, 0.3) is 0 Å². The molecule has 0 unspecified atom stereocenters. The molecule has 1 saturated carbocycles. The van der Waals surface area contributed by atoms with Crippen molar-refractivity contribution in [3.8, 4) is 11.3 Å². The molecule has 0 amide bonds. The number of ether oxygens (including phenoxy) is 2. The van der Waals surface area contributed by atoms with E-state index in [4.69, 9.17) is 19.5 Å². The van der Waals surface area contributed by atoms with Gasteiger partial charge in [-0.05, 0) is 62.6 Å². The molecule has 1 aromatic heterocycles. The van der Waals surface area contributed by atoms with Gasteiger partial charge in [-0.15, -0.1) is 0 Å². The molecule has 2 aromatic rings. The number of aromatic nitrogens is 1. The molecule has 2 N–H and O–H groups in total. The zero-order valence-corrected chi connectivity index (χ0v) is 20.8. The number of rotatable bonds is 9. The minimum atomic E-state index is 0.449. The maximum absolute atomic E-state index is 5.50. The molecule has 0 radical (unpaired) electrons. The fourth-order valence-electron chi connectivity index (χ4n) is 4.89. The first-order valence-electron chi connectivity index (χ1n) is 12.9. The van der Waals surface area contributed by atoms with E-state index in [1.165, 1.54) is 37.7 Å². The molecule has 184 valence electrons. The van der Waals surface area contributed by atoms with E-state index >= 15 is 0 Å². The second-order valence-electron chi connectivity index (χ2n) is 9.75. The van der Waals surface area contributed by atoms with Gasteiger partial charge in [0, 0.05) is 39.0 Å². The summed E-state index contributed by atoms with van der Waals surface area (Å²) < 4.78 is 11.0. The molecule has 2 heterocycles. The van der Waals surface area contributed by atoms with Crippen molar-refractivity contribution in [2.45, 2.75) is 51.9 Å². The molecule has 2 aliphatic rings. The normalized spacial score (nSPS) is 18.1. The van der Waals surface area contributed by atoms with Crippen molar-refractivity contribution >= 4 is 17.3 Å². The van der Waals surface area contributed by atoms with E-state index in [-0.39, 0.29) is 0 Å². The number of methoxy groups -OCH3 is 1.